The molecule has 226 valence electrons. The van der Waals surface area contributed by atoms with Crippen LogP contribution in [0.15, 0.2) is 36.4 Å². The zero-order valence-electron chi connectivity index (χ0n) is 24.4. The molecular weight excluding hydrogens is 548 g/mol. The summed E-state index contributed by atoms with van der Waals surface area (Å²) in [6.07, 6.45) is -4.25. The first-order valence-electron chi connectivity index (χ1n) is 13.9. The Bertz CT molecular complexity index is 1320. The first-order chi connectivity index (χ1) is 20.0. The average Bonchev–Trinajstić information content (AvgIpc) is 2.93. The molecule has 0 aromatic heterocycles. The van der Waals surface area contributed by atoms with Gasteiger partial charge in [-0.05, 0) is 47.2 Å². The van der Waals surface area contributed by atoms with Gasteiger partial charge in [-0.1, -0.05) is 31.2 Å². The van der Waals surface area contributed by atoms with Crippen LogP contribution >= 0.6 is 0 Å². The Labute approximate surface area is 244 Å². The second kappa shape index (κ2) is 13.7. The van der Waals surface area contributed by atoms with Gasteiger partial charge >= 0.3 is 23.9 Å². The molecule has 1 saturated heterocycles. The predicted molar refractivity (Wildman–Crippen MR) is 147 cm³/mol. The van der Waals surface area contributed by atoms with E-state index >= 15 is 0 Å². The Balaban J connectivity index is 1.75. The van der Waals surface area contributed by atoms with Crippen LogP contribution in [0.5, 0.6) is 11.5 Å². The van der Waals surface area contributed by atoms with Gasteiger partial charge in [0.25, 0.3) is 0 Å². The smallest absolute Gasteiger partial charge is 0.303 e. The fourth-order valence-corrected chi connectivity index (χ4v) is 5.25. The van der Waals surface area contributed by atoms with Gasteiger partial charge in [0.15, 0.2) is 29.8 Å². The molecule has 42 heavy (non-hydrogen) atoms. The fourth-order valence-electron chi connectivity index (χ4n) is 5.25. The van der Waals surface area contributed by atoms with Crippen molar-refractivity contribution in [2.75, 3.05) is 19.8 Å². The van der Waals surface area contributed by atoms with E-state index in [0.29, 0.717) is 36.7 Å². The third-order valence-corrected chi connectivity index (χ3v) is 6.93. The van der Waals surface area contributed by atoms with Gasteiger partial charge < -0.3 is 33.2 Å². The average molecular weight is 585 g/mol. The highest BCUT2D eigenvalue weighted by Crippen LogP contribution is 2.39. The first kappa shape index (κ1) is 30.8. The van der Waals surface area contributed by atoms with Crippen LogP contribution in [-0.2, 0) is 55.7 Å². The van der Waals surface area contributed by atoms with Crippen LogP contribution in [0.1, 0.15) is 63.0 Å². The van der Waals surface area contributed by atoms with Gasteiger partial charge in [0, 0.05) is 27.7 Å². The molecule has 0 aliphatic carbocycles. The Morgan fingerprint density at radius 1 is 0.738 bits per heavy atom. The SMILES string of the molecule is CCc1ccc(C2O[C@H](COC(C)=O)[C@@H](OC(C)=O)[C@H](OC(C)=O)[C@H]2OC(C)=O)cc1Cc1ccc2c(c1)OCCO2. The lowest BCUT2D eigenvalue weighted by molar-refractivity contribution is -0.254. The molecule has 2 aliphatic rings. The Morgan fingerprint density at radius 3 is 2.02 bits per heavy atom. The maximum Gasteiger partial charge on any atom is 0.303 e. The molecule has 4 rings (SSSR count). The van der Waals surface area contributed by atoms with Gasteiger partial charge in [0.1, 0.15) is 32.0 Å². The Morgan fingerprint density at radius 2 is 1.38 bits per heavy atom. The number of rotatable bonds is 9. The highest BCUT2D eigenvalue weighted by Gasteiger charge is 2.52. The van der Waals surface area contributed by atoms with Gasteiger partial charge in [-0.3, -0.25) is 19.2 Å². The van der Waals surface area contributed by atoms with Crippen molar-refractivity contribution in [1.29, 1.82) is 0 Å². The van der Waals surface area contributed by atoms with Crippen molar-refractivity contribution in [3.63, 3.8) is 0 Å². The summed E-state index contributed by atoms with van der Waals surface area (Å²) in [5, 5.41) is 0. The largest absolute Gasteiger partial charge is 0.486 e. The number of hydrogen-bond donors (Lipinski definition) is 0. The standard InChI is InChI=1S/C31H36O11/c1-6-22-8-9-23(15-24(22)13-21-7-10-25-26(14-21)37-12-11-36-25)28-30(40-19(4)34)31(41-20(5)35)29(39-18(3)33)27(42-28)16-38-17(2)32/h7-10,14-15,27-31H,6,11-13,16H2,1-5H3/t27-,28?,29-,30+,31+/m1/s1. The molecule has 2 aliphatic heterocycles. The number of esters is 4. The summed E-state index contributed by atoms with van der Waals surface area (Å²) in [5.74, 6) is -1.19. The quantitative estimate of drug-likeness (QED) is 0.317. The zero-order valence-corrected chi connectivity index (χ0v) is 24.4. The van der Waals surface area contributed by atoms with E-state index < -0.39 is 54.4 Å². The van der Waals surface area contributed by atoms with E-state index in [-0.39, 0.29) is 6.61 Å². The monoisotopic (exact) mass is 584 g/mol. The molecule has 5 atom stereocenters. The summed E-state index contributed by atoms with van der Waals surface area (Å²) in [6, 6.07) is 11.6. The van der Waals surface area contributed by atoms with Crippen molar-refractivity contribution in [1.82, 2.24) is 0 Å². The molecule has 0 saturated carbocycles. The van der Waals surface area contributed by atoms with Gasteiger partial charge in [-0.2, -0.15) is 0 Å². The summed E-state index contributed by atoms with van der Waals surface area (Å²) in [6.45, 7) is 7.60. The first-order valence-corrected chi connectivity index (χ1v) is 13.9. The van der Waals surface area contributed by atoms with Crippen LogP contribution in [0.25, 0.3) is 0 Å². The molecule has 0 N–H and O–H groups in total. The van der Waals surface area contributed by atoms with Crippen molar-refractivity contribution in [2.45, 2.75) is 78.0 Å². The molecule has 2 aromatic carbocycles. The number of benzene rings is 2. The summed E-state index contributed by atoms with van der Waals surface area (Å²) in [4.78, 5) is 48.1. The van der Waals surface area contributed by atoms with Gasteiger partial charge in [0.05, 0.1) is 0 Å². The van der Waals surface area contributed by atoms with E-state index in [1.807, 2.05) is 36.4 Å². The minimum Gasteiger partial charge on any atom is -0.486 e. The Hall–Kier alpha value is -4.12. The number of hydrogen-bond acceptors (Lipinski definition) is 11. The van der Waals surface area contributed by atoms with E-state index in [1.54, 1.807) is 0 Å². The van der Waals surface area contributed by atoms with Crippen molar-refractivity contribution in [2.24, 2.45) is 0 Å². The zero-order chi connectivity index (χ0) is 30.4. The summed E-state index contributed by atoms with van der Waals surface area (Å²) >= 11 is 0. The van der Waals surface area contributed by atoms with Crippen LogP contribution < -0.4 is 9.47 Å². The minimum atomic E-state index is -1.23. The van der Waals surface area contributed by atoms with E-state index in [2.05, 4.69) is 6.92 Å². The van der Waals surface area contributed by atoms with Crippen molar-refractivity contribution >= 4 is 23.9 Å². The molecule has 0 radical (unpaired) electrons. The lowest BCUT2D eigenvalue weighted by Crippen LogP contribution is -2.59. The van der Waals surface area contributed by atoms with Crippen molar-refractivity contribution < 1.29 is 52.3 Å². The van der Waals surface area contributed by atoms with Crippen LogP contribution in [-0.4, -0.2) is 68.1 Å². The van der Waals surface area contributed by atoms with Crippen LogP contribution in [0.4, 0.5) is 0 Å². The van der Waals surface area contributed by atoms with E-state index in [0.717, 1.165) is 23.1 Å². The van der Waals surface area contributed by atoms with Crippen LogP contribution in [0.2, 0.25) is 0 Å². The van der Waals surface area contributed by atoms with Gasteiger partial charge in [-0.25, -0.2) is 0 Å². The van der Waals surface area contributed by atoms with Crippen molar-refractivity contribution in [3.8, 4) is 11.5 Å². The molecular formula is C31H36O11. The molecule has 0 amide bonds. The summed E-state index contributed by atoms with van der Waals surface area (Å²) < 4.78 is 39.7. The Kier molecular flexibility index (Phi) is 10.1. The second-order valence-electron chi connectivity index (χ2n) is 10.2. The second-order valence-corrected chi connectivity index (χ2v) is 10.2. The normalized spacial score (nSPS) is 22.9. The minimum absolute atomic E-state index is 0.286. The maximum absolute atomic E-state index is 12.3. The van der Waals surface area contributed by atoms with E-state index in [4.69, 9.17) is 33.2 Å². The number of aryl methyl sites for hydroxylation is 1. The van der Waals surface area contributed by atoms with E-state index in [1.165, 1.54) is 27.7 Å². The summed E-state index contributed by atoms with van der Waals surface area (Å²) in [7, 11) is 0. The predicted octanol–water partition coefficient (Wildman–Crippen LogP) is 3.41. The maximum atomic E-state index is 12.3. The topological polar surface area (TPSA) is 133 Å². The van der Waals surface area contributed by atoms with Crippen molar-refractivity contribution in [3.05, 3.63) is 58.7 Å². The number of carbonyl (C=O) groups is 4. The molecule has 11 nitrogen and oxygen atoms in total. The van der Waals surface area contributed by atoms with Gasteiger partial charge in [-0.15, -0.1) is 0 Å². The fraction of sp³-hybridized carbons (Fsp3) is 0.484. The molecule has 2 aromatic rings. The molecule has 0 spiro atoms. The van der Waals surface area contributed by atoms with Crippen LogP contribution in [0.3, 0.4) is 0 Å². The number of fused-ring (bicyclic) bond motifs is 1. The highest BCUT2D eigenvalue weighted by atomic mass is 16.7. The third-order valence-electron chi connectivity index (χ3n) is 6.93. The summed E-state index contributed by atoms with van der Waals surface area (Å²) in [5.41, 5.74) is 3.74. The highest BCUT2D eigenvalue weighted by molar-refractivity contribution is 5.69. The molecule has 1 fully saturated rings. The van der Waals surface area contributed by atoms with Crippen LogP contribution in [0, 0.1) is 0 Å². The lowest BCUT2D eigenvalue weighted by atomic mass is 9.88. The molecule has 2 heterocycles. The number of carbonyl (C=O) groups excluding carboxylic acids is 4. The van der Waals surface area contributed by atoms with Gasteiger partial charge in [0.2, 0.25) is 0 Å². The molecule has 11 heteroatoms. The molecule has 1 unspecified atom stereocenters. The number of ether oxygens (including phenoxy) is 7. The lowest BCUT2D eigenvalue weighted by Gasteiger charge is -2.44. The molecule has 0 bridgehead atoms. The van der Waals surface area contributed by atoms with E-state index in [9.17, 15) is 19.2 Å². The third kappa shape index (κ3) is 7.58.